The van der Waals surface area contributed by atoms with Gasteiger partial charge in [-0.15, -0.1) is 6.58 Å². The summed E-state index contributed by atoms with van der Waals surface area (Å²) in [7, 11) is 0. The van der Waals surface area contributed by atoms with Crippen molar-refractivity contribution in [1.82, 2.24) is 4.90 Å². The molecule has 2 amide bonds. The van der Waals surface area contributed by atoms with E-state index in [4.69, 9.17) is 9.47 Å². The van der Waals surface area contributed by atoms with Gasteiger partial charge in [-0.05, 0) is 37.3 Å². The maximum atomic E-state index is 14.8. The van der Waals surface area contributed by atoms with Crippen molar-refractivity contribution >= 4 is 39.4 Å². The highest BCUT2D eigenvalue weighted by Crippen LogP contribution is 2.61. The lowest BCUT2D eigenvalue weighted by Crippen LogP contribution is -2.60. The maximum absolute atomic E-state index is 14.8. The van der Waals surface area contributed by atoms with Gasteiger partial charge in [0.1, 0.15) is 18.2 Å². The predicted molar refractivity (Wildman–Crippen MR) is 153 cm³/mol. The fourth-order valence-electron chi connectivity index (χ4n) is 6.82. The number of ether oxygens (including phenoxy) is 2. The summed E-state index contributed by atoms with van der Waals surface area (Å²) >= 11 is 3.68. The molecule has 3 unspecified atom stereocenters. The third-order valence-corrected chi connectivity index (χ3v) is 9.55. The fraction of sp³-hybridized carbons (Fsp3) is 0.567. The van der Waals surface area contributed by atoms with Crippen molar-refractivity contribution < 1.29 is 29.0 Å². The van der Waals surface area contributed by atoms with Crippen molar-refractivity contribution in [2.75, 3.05) is 24.7 Å². The van der Waals surface area contributed by atoms with Crippen molar-refractivity contribution in [2.45, 2.75) is 69.2 Å². The summed E-state index contributed by atoms with van der Waals surface area (Å²) in [4.78, 5) is 45.4. The van der Waals surface area contributed by atoms with Crippen molar-refractivity contribution in [2.24, 2.45) is 17.8 Å². The van der Waals surface area contributed by atoms with Gasteiger partial charge in [0.05, 0.1) is 30.6 Å². The van der Waals surface area contributed by atoms with Gasteiger partial charge in [-0.1, -0.05) is 73.1 Å². The molecule has 2 bridgehead atoms. The number of esters is 1. The molecule has 1 N–H and O–H groups in total. The molecule has 1 aromatic carbocycles. The Labute approximate surface area is 239 Å². The zero-order valence-corrected chi connectivity index (χ0v) is 24.7. The number of alkyl halides is 1. The maximum Gasteiger partial charge on any atom is 0.312 e. The Morgan fingerprint density at radius 2 is 1.97 bits per heavy atom. The monoisotopic (exact) mass is 602 g/mol. The standard InChI is InChI=1S/C30H39BrN2O6/c1-7-13-32(24-18(5)11-10-12-19(24)6)28(36)26-30-15-20(31)25(39-30)22(29(37)38-14-8-2)23(30)27(35)33(26)21(16-34)17(4)9-3/h7-8,10-12,17,20-23,25-26,34H,1-2,9,13-16H2,3-6H3/t17-,20?,21-,22+,23-,25+,26?,30?/m0/s1. The Morgan fingerprint density at radius 1 is 1.31 bits per heavy atom. The lowest BCUT2D eigenvalue weighted by atomic mass is 9.70. The van der Waals surface area contributed by atoms with E-state index in [9.17, 15) is 19.5 Å². The number of benzene rings is 1. The molecule has 1 aromatic rings. The molecule has 212 valence electrons. The summed E-state index contributed by atoms with van der Waals surface area (Å²) in [5, 5.41) is 10.5. The number of anilines is 1. The molecule has 3 heterocycles. The van der Waals surface area contributed by atoms with Gasteiger partial charge < -0.3 is 24.4 Å². The van der Waals surface area contributed by atoms with Crippen molar-refractivity contribution in [1.29, 1.82) is 0 Å². The first-order chi connectivity index (χ1) is 18.6. The number of aliphatic hydroxyl groups is 1. The third kappa shape index (κ3) is 4.66. The first-order valence-corrected chi connectivity index (χ1v) is 14.5. The van der Waals surface area contributed by atoms with E-state index in [0.29, 0.717) is 12.8 Å². The summed E-state index contributed by atoms with van der Waals surface area (Å²) in [5.74, 6) is -3.08. The summed E-state index contributed by atoms with van der Waals surface area (Å²) in [5.41, 5.74) is 1.33. The average Bonchev–Trinajstić information content (AvgIpc) is 3.50. The van der Waals surface area contributed by atoms with E-state index in [-0.39, 0.29) is 42.3 Å². The molecule has 0 saturated carbocycles. The van der Waals surface area contributed by atoms with E-state index < -0.39 is 41.6 Å². The number of carbonyl (C=O) groups is 3. The van der Waals surface area contributed by atoms with Crippen LogP contribution in [0.4, 0.5) is 5.69 Å². The molecule has 3 aliphatic heterocycles. The smallest absolute Gasteiger partial charge is 0.312 e. The topological polar surface area (TPSA) is 96.4 Å². The summed E-state index contributed by atoms with van der Waals surface area (Å²) in [6.07, 6.45) is 3.59. The fourth-order valence-corrected chi connectivity index (χ4v) is 7.77. The van der Waals surface area contributed by atoms with Gasteiger partial charge in [0.15, 0.2) is 0 Å². The second kappa shape index (κ2) is 11.6. The van der Waals surface area contributed by atoms with Crippen LogP contribution < -0.4 is 4.90 Å². The van der Waals surface area contributed by atoms with Gasteiger partial charge >= 0.3 is 5.97 Å². The quantitative estimate of drug-likeness (QED) is 0.236. The molecule has 0 aliphatic carbocycles. The predicted octanol–water partition coefficient (Wildman–Crippen LogP) is 3.71. The average molecular weight is 604 g/mol. The van der Waals surface area contributed by atoms with Crippen LogP contribution in [-0.2, 0) is 23.9 Å². The number of aliphatic hydroxyl groups excluding tert-OH is 1. The molecular formula is C30H39BrN2O6. The highest BCUT2D eigenvalue weighted by atomic mass is 79.9. The molecule has 39 heavy (non-hydrogen) atoms. The van der Waals surface area contributed by atoms with Crippen LogP contribution in [-0.4, -0.2) is 76.2 Å². The Bertz CT molecular complexity index is 1140. The molecule has 4 rings (SSSR count). The van der Waals surface area contributed by atoms with Crippen molar-refractivity contribution in [3.05, 3.63) is 54.6 Å². The minimum absolute atomic E-state index is 0.0147. The number of hydrogen-bond donors (Lipinski definition) is 1. The number of aryl methyl sites for hydroxylation is 2. The van der Waals surface area contributed by atoms with E-state index in [1.54, 1.807) is 11.0 Å². The van der Waals surface area contributed by atoms with E-state index >= 15 is 0 Å². The van der Waals surface area contributed by atoms with Crippen LogP contribution in [0.5, 0.6) is 0 Å². The first-order valence-electron chi connectivity index (χ1n) is 13.6. The van der Waals surface area contributed by atoms with Gasteiger partial charge in [0, 0.05) is 17.1 Å². The van der Waals surface area contributed by atoms with Gasteiger partial charge in [0.2, 0.25) is 5.91 Å². The molecule has 8 nitrogen and oxygen atoms in total. The van der Waals surface area contributed by atoms with E-state index in [2.05, 4.69) is 29.1 Å². The normalized spacial score (nSPS) is 30.6. The molecule has 1 spiro atoms. The summed E-state index contributed by atoms with van der Waals surface area (Å²) in [6.45, 7) is 15.2. The minimum atomic E-state index is -1.25. The van der Waals surface area contributed by atoms with Gasteiger partial charge in [0.25, 0.3) is 5.91 Å². The van der Waals surface area contributed by atoms with Crippen molar-refractivity contribution in [3.63, 3.8) is 0 Å². The van der Waals surface area contributed by atoms with Crippen LogP contribution in [0.25, 0.3) is 0 Å². The Morgan fingerprint density at radius 3 is 2.54 bits per heavy atom. The Balaban J connectivity index is 1.89. The van der Waals surface area contributed by atoms with Crippen LogP contribution in [0.15, 0.2) is 43.5 Å². The van der Waals surface area contributed by atoms with Gasteiger partial charge in [-0.25, -0.2) is 0 Å². The SMILES string of the molecule is C=CCOC(=O)[C@H]1[C@@H]2OC3(CC2Br)C(C(=O)N(CC=C)c2c(C)cccc2C)N([C@@H](CO)[C@@H](C)CC)C(=O)[C@H]13. The van der Waals surface area contributed by atoms with E-state index in [1.165, 1.54) is 11.0 Å². The number of likely N-dealkylation sites (tertiary alicyclic amines) is 1. The van der Waals surface area contributed by atoms with E-state index in [0.717, 1.165) is 16.8 Å². The number of fused-ring (bicyclic) bond motifs is 1. The Kier molecular flexibility index (Phi) is 8.73. The number of amides is 2. The van der Waals surface area contributed by atoms with Crippen LogP contribution in [0.3, 0.4) is 0 Å². The summed E-state index contributed by atoms with van der Waals surface area (Å²) < 4.78 is 12.0. The zero-order chi connectivity index (χ0) is 28.6. The number of carbonyl (C=O) groups excluding carboxylic acids is 3. The first kappa shape index (κ1) is 29.5. The zero-order valence-electron chi connectivity index (χ0n) is 23.1. The van der Waals surface area contributed by atoms with Crippen LogP contribution in [0.1, 0.15) is 37.8 Å². The molecule has 8 atom stereocenters. The molecule has 0 aromatic heterocycles. The number of hydrogen-bond acceptors (Lipinski definition) is 6. The van der Waals surface area contributed by atoms with E-state index in [1.807, 2.05) is 45.9 Å². The third-order valence-electron chi connectivity index (χ3n) is 8.71. The van der Waals surface area contributed by atoms with Crippen molar-refractivity contribution in [3.8, 4) is 0 Å². The Hall–Kier alpha value is -2.49. The minimum Gasteiger partial charge on any atom is -0.461 e. The second-order valence-corrected chi connectivity index (χ2v) is 12.1. The van der Waals surface area contributed by atoms with Gasteiger partial charge in [-0.3, -0.25) is 14.4 Å². The number of rotatable bonds is 11. The van der Waals surface area contributed by atoms with Crippen LogP contribution >= 0.6 is 15.9 Å². The molecule has 9 heteroatoms. The van der Waals surface area contributed by atoms with Gasteiger partial charge in [-0.2, -0.15) is 0 Å². The number of nitrogens with zero attached hydrogens (tertiary/aromatic N) is 2. The molecule has 3 fully saturated rings. The lowest BCUT2D eigenvalue weighted by Gasteiger charge is -2.41. The highest BCUT2D eigenvalue weighted by Gasteiger charge is 2.77. The molecule has 3 saturated heterocycles. The highest BCUT2D eigenvalue weighted by molar-refractivity contribution is 9.09. The second-order valence-electron chi connectivity index (χ2n) is 10.9. The number of para-hydroxylation sites is 1. The van der Waals surface area contributed by atoms with Crippen LogP contribution in [0.2, 0.25) is 0 Å². The largest absolute Gasteiger partial charge is 0.461 e. The number of halogens is 1. The van der Waals surface area contributed by atoms with Crippen LogP contribution in [0, 0.1) is 31.6 Å². The molecule has 0 radical (unpaired) electrons. The summed E-state index contributed by atoms with van der Waals surface area (Å²) in [6, 6.07) is 4.16. The molecular weight excluding hydrogens is 564 g/mol. The molecule has 3 aliphatic rings. The lowest BCUT2D eigenvalue weighted by molar-refractivity contribution is -0.155.